The fraction of sp³-hybridized carbons (Fsp3) is 0.167. The molecule has 2 rings (SSSR count). The molecule has 2 aromatic rings. The predicted octanol–water partition coefficient (Wildman–Crippen LogP) is 2.78. The number of halogens is 1. The first-order valence-corrected chi connectivity index (χ1v) is 5.48. The third kappa shape index (κ3) is 2.94. The predicted molar refractivity (Wildman–Crippen MR) is 65.7 cm³/mol. The lowest BCUT2D eigenvalue weighted by Crippen LogP contribution is -2.07. The molecule has 0 fully saturated rings. The van der Waals surface area contributed by atoms with Crippen molar-refractivity contribution in [2.75, 3.05) is 11.9 Å². The molecule has 3 nitrogen and oxygen atoms in total. The summed E-state index contributed by atoms with van der Waals surface area (Å²) in [5.74, 6) is 0.639. The number of benzene rings is 1. The van der Waals surface area contributed by atoms with Gasteiger partial charge in [-0.15, -0.1) is 0 Å². The summed E-state index contributed by atoms with van der Waals surface area (Å²) in [7, 11) is 0. The van der Waals surface area contributed by atoms with Gasteiger partial charge in [-0.3, -0.25) is 0 Å². The molecule has 0 spiro atoms. The van der Waals surface area contributed by atoms with Crippen LogP contribution in [0.2, 0.25) is 5.15 Å². The smallest absolute Gasteiger partial charge is 0.171 e. The van der Waals surface area contributed by atoms with Gasteiger partial charge in [0, 0.05) is 18.9 Å². The number of hydrogen-bond acceptors (Lipinski definition) is 3. The maximum atomic E-state index is 5.87. The first-order chi connectivity index (χ1) is 7.86. The van der Waals surface area contributed by atoms with Crippen molar-refractivity contribution < 1.29 is 0 Å². The van der Waals surface area contributed by atoms with Crippen molar-refractivity contribution in [1.82, 2.24) is 9.97 Å². The van der Waals surface area contributed by atoms with Crippen LogP contribution in [-0.4, -0.2) is 16.5 Å². The van der Waals surface area contributed by atoms with Gasteiger partial charge in [0.1, 0.15) is 0 Å². The van der Waals surface area contributed by atoms with Crippen molar-refractivity contribution in [2.24, 2.45) is 0 Å². The second-order valence-electron chi connectivity index (χ2n) is 3.36. The molecule has 16 heavy (non-hydrogen) atoms. The maximum Gasteiger partial charge on any atom is 0.171 e. The Balaban J connectivity index is 1.87. The van der Waals surface area contributed by atoms with Crippen LogP contribution in [0.4, 0.5) is 5.82 Å². The van der Waals surface area contributed by atoms with Gasteiger partial charge in [0.05, 0.1) is 0 Å². The van der Waals surface area contributed by atoms with Gasteiger partial charge >= 0.3 is 0 Å². The maximum absolute atomic E-state index is 5.87. The molecule has 0 unspecified atom stereocenters. The highest BCUT2D eigenvalue weighted by molar-refractivity contribution is 6.31. The van der Waals surface area contributed by atoms with E-state index in [1.165, 1.54) is 5.56 Å². The summed E-state index contributed by atoms with van der Waals surface area (Å²) < 4.78 is 0. The van der Waals surface area contributed by atoms with Crippen LogP contribution in [0.5, 0.6) is 0 Å². The molecule has 0 atom stereocenters. The van der Waals surface area contributed by atoms with E-state index in [1.54, 1.807) is 12.4 Å². The monoisotopic (exact) mass is 233 g/mol. The van der Waals surface area contributed by atoms with Crippen LogP contribution in [0, 0.1) is 0 Å². The van der Waals surface area contributed by atoms with Crippen molar-refractivity contribution in [3.8, 4) is 0 Å². The summed E-state index contributed by atoms with van der Waals surface area (Å²) >= 11 is 5.87. The Morgan fingerprint density at radius 3 is 2.56 bits per heavy atom. The van der Waals surface area contributed by atoms with E-state index in [0.29, 0.717) is 11.0 Å². The molecule has 1 aromatic carbocycles. The van der Waals surface area contributed by atoms with Gasteiger partial charge in [0.2, 0.25) is 0 Å². The van der Waals surface area contributed by atoms with E-state index in [-0.39, 0.29) is 0 Å². The van der Waals surface area contributed by atoms with E-state index in [4.69, 9.17) is 11.6 Å². The minimum atomic E-state index is 0.413. The van der Waals surface area contributed by atoms with Crippen LogP contribution in [0.1, 0.15) is 5.56 Å². The van der Waals surface area contributed by atoms with Crippen molar-refractivity contribution in [3.63, 3.8) is 0 Å². The summed E-state index contributed by atoms with van der Waals surface area (Å²) in [6, 6.07) is 10.3. The van der Waals surface area contributed by atoms with Gasteiger partial charge in [-0.2, -0.15) is 0 Å². The van der Waals surface area contributed by atoms with Crippen molar-refractivity contribution in [2.45, 2.75) is 6.42 Å². The Bertz CT molecular complexity index is 445. The van der Waals surface area contributed by atoms with Crippen molar-refractivity contribution >= 4 is 17.4 Å². The first-order valence-electron chi connectivity index (χ1n) is 5.10. The number of rotatable bonds is 4. The average Bonchev–Trinajstić information content (AvgIpc) is 2.33. The highest BCUT2D eigenvalue weighted by atomic mass is 35.5. The van der Waals surface area contributed by atoms with Crippen LogP contribution in [0.3, 0.4) is 0 Å². The third-order valence-electron chi connectivity index (χ3n) is 2.20. The molecule has 0 amide bonds. The quantitative estimate of drug-likeness (QED) is 0.883. The zero-order chi connectivity index (χ0) is 11.2. The minimum Gasteiger partial charge on any atom is -0.367 e. The second-order valence-corrected chi connectivity index (χ2v) is 3.72. The fourth-order valence-corrected chi connectivity index (χ4v) is 1.58. The van der Waals surface area contributed by atoms with Crippen LogP contribution < -0.4 is 5.32 Å². The van der Waals surface area contributed by atoms with Crippen LogP contribution >= 0.6 is 11.6 Å². The lowest BCUT2D eigenvalue weighted by molar-refractivity contribution is 1.000. The Kier molecular flexibility index (Phi) is 3.72. The highest BCUT2D eigenvalue weighted by Gasteiger charge is 2.00. The summed E-state index contributed by atoms with van der Waals surface area (Å²) in [6.45, 7) is 0.794. The van der Waals surface area contributed by atoms with E-state index in [9.17, 15) is 0 Å². The Morgan fingerprint density at radius 1 is 1.06 bits per heavy atom. The van der Waals surface area contributed by atoms with Gasteiger partial charge < -0.3 is 5.32 Å². The molecule has 0 saturated heterocycles. The van der Waals surface area contributed by atoms with E-state index >= 15 is 0 Å². The summed E-state index contributed by atoms with van der Waals surface area (Å²) in [5, 5.41) is 3.57. The van der Waals surface area contributed by atoms with Crippen molar-refractivity contribution in [3.05, 3.63) is 53.4 Å². The highest BCUT2D eigenvalue weighted by Crippen LogP contribution is 2.13. The molecule has 0 aliphatic carbocycles. The lowest BCUT2D eigenvalue weighted by Gasteiger charge is -2.05. The molecular weight excluding hydrogens is 222 g/mol. The lowest BCUT2D eigenvalue weighted by atomic mass is 10.1. The summed E-state index contributed by atoms with van der Waals surface area (Å²) in [6.07, 6.45) is 4.13. The van der Waals surface area contributed by atoms with Crippen LogP contribution in [0.25, 0.3) is 0 Å². The van der Waals surface area contributed by atoms with Gasteiger partial charge in [0.15, 0.2) is 11.0 Å². The zero-order valence-corrected chi connectivity index (χ0v) is 9.48. The number of anilines is 1. The molecule has 1 N–H and O–H groups in total. The Labute approximate surface area is 99.5 Å². The van der Waals surface area contributed by atoms with Crippen LogP contribution in [-0.2, 0) is 6.42 Å². The van der Waals surface area contributed by atoms with E-state index in [2.05, 4.69) is 27.4 Å². The molecule has 1 aromatic heterocycles. The number of aromatic nitrogens is 2. The Morgan fingerprint density at radius 2 is 1.81 bits per heavy atom. The Hall–Kier alpha value is -1.61. The van der Waals surface area contributed by atoms with Gasteiger partial charge in [0.25, 0.3) is 0 Å². The van der Waals surface area contributed by atoms with Crippen molar-refractivity contribution in [1.29, 1.82) is 0 Å². The van der Waals surface area contributed by atoms with Gasteiger partial charge in [-0.1, -0.05) is 41.9 Å². The molecule has 82 valence electrons. The standard InChI is InChI=1S/C12H12ClN3/c13-11-12(16-9-8-14-11)15-7-6-10-4-2-1-3-5-10/h1-5,8-9H,6-7H2,(H,15,16). The molecule has 1 heterocycles. The second kappa shape index (κ2) is 5.47. The zero-order valence-electron chi connectivity index (χ0n) is 8.73. The number of nitrogens with one attached hydrogen (secondary N) is 1. The molecule has 0 bridgehead atoms. The van der Waals surface area contributed by atoms with E-state index in [1.807, 2.05) is 18.2 Å². The summed E-state index contributed by atoms with van der Waals surface area (Å²) in [4.78, 5) is 8.05. The minimum absolute atomic E-state index is 0.413. The molecule has 0 aliphatic heterocycles. The van der Waals surface area contributed by atoms with E-state index < -0.39 is 0 Å². The normalized spacial score (nSPS) is 10.1. The molecule has 0 aliphatic rings. The largest absolute Gasteiger partial charge is 0.367 e. The number of nitrogens with zero attached hydrogens (tertiary/aromatic N) is 2. The average molecular weight is 234 g/mol. The van der Waals surface area contributed by atoms with Gasteiger partial charge in [-0.05, 0) is 12.0 Å². The topological polar surface area (TPSA) is 37.8 Å². The molecule has 0 saturated carbocycles. The SMILES string of the molecule is Clc1nccnc1NCCc1ccccc1. The van der Waals surface area contributed by atoms with Gasteiger partial charge in [-0.25, -0.2) is 9.97 Å². The van der Waals surface area contributed by atoms with E-state index in [0.717, 1.165) is 13.0 Å². The first kappa shape index (κ1) is 10.9. The number of hydrogen-bond donors (Lipinski definition) is 1. The molecule has 4 heteroatoms. The third-order valence-corrected chi connectivity index (χ3v) is 2.48. The summed E-state index contributed by atoms with van der Waals surface area (Å²) in [5.41, 5.74) is 1.29. The molecular formula is C12H12ClN3. The van der Waals surface area contributed by atoms with Crippen LogP contribution in [0.15, 0.2) is 42.7 Å². The fourth-order valence-electron chi connectivity index (χ4n) is 1.41. The molecule has 0 radical (unpaired) electrons.